The number of anilines is 1. The Morgan fingerprint density at radius 3 is 3.17 bits per heavy atom. The molecule has 0 aliphatic carbocycles. The lowest BCUT2D eigenvalue weighted by Crippen LogP contribution is -2.14. The van der Waals surface area contributed by atoms with Gasteiger partial charge in [0.25, 0.3) is 0 Å². The van der Waals surface area contributed by atoms with Crippen LogP contribution >= 0.6 is 22.9 Å². The molecular formula is C8H13ClN2S. The Kier molecular flexibility index (Phi) is 4.40. The van der Waals surface area contributed by atoms with Crippen molar-refractivity contribution in [3.63, 3.8) is 0 Å². The summed E-state index contributed by atoms with van der Waals surface area (Å²) in [6, 6.07) is 0.468. The van der Waals surface area contributed by atoms with E-state index >= 15 is 0 Å². The molecule has 1 aromatic rings. The Morgan fingerprint density at radius 2 is 2.58 bits per heavy atom. The number of halogens is 1. The number of thiazole rings is 1. The maximum atomic E-state index is 5.59. The summed E-state index contributed by atoms with van der Waals surface area (Å²) in [5.41, 5.74) is 0. The van der Waals surface area contributed by atoms with E-state index in [9.17, 15) is 0 Å². The van der Waals surface area contributed by atoms with E-state index in [0.29, 0.717) is 6.04 Å². The van der Waals surface area contributed by atoms with Crippen LogP contribution in [0.25, 0.3) is 0 Å². The van der Waals surface area contributed by atoms with Gasteiger partial charge in [0.15, 0.2) is 5.13 Å². The van der Waals surface area contributed by atoms with Gasteiger partial charge in [0.1, 0.15) is 0 Å². The average Bonchev–Trinajstić information content (AvgIpc) is 2.53. The van der Waals surface area contributed by atoms with Crippen LogP contribution in [0.2, 0.25) is 0 Å². The molecule has 1 atom stereocenters. The molecule has 0 saturated heterocycles. The van der Waals surface area contributed by atoms with Crippen LogP contribution in [0.4, 0.5) is 5.13 Å². The van der Waals surface area contributed by atoms with Gasteiger partial charge >= 0.3 is 0 Å². The number of alkyl halides is 1. The highest BCUT2D eigenvalue weighted by Crippen LogP contribution is 2.13. The third-order valence-corrected chi connectivity index (χ3v) is 2.54. The summed E-state index contributed by atoms with van der Waals surface area (Å²) in [7, 11) is 0. The first-order valence-electron chi connectivity index (χ1n) is 4.05. The quantitative estimate of drug-likeness (QED) is 0.747. The second kappa shape index (κ2) is 5.38. The molecule has 0 saturated carbocycles. The van der Waals surface area contributed by atoms with Gasteiger partial charge in [-0.3, -0.25) is 0 Å². The summed E-state index contributed by atoms with van der Waals surface area (Å²) < 4.78 is 0. The molecule has 0 bridgehead atoms. The summed E-state index contributed by atoms with van der Waals surface area (Å²) in [5, 5.41) is 6.27. The molecule has 1 unspecified atom stereocenters. The second-order valence-corrected chi connectivity index (χ2v) is 3.99. The number of hydrogen-bond donors (Lipinski definition) is 1. The Labute approximate surface area is 82.0 Å². The number of aromatic nitrogens is 1. The minimum atomic E-state index is 0.468. The van der Waals surface area contributed by atoms with Crippen molar-refractivity contribution in [1.82, 2.24) is 4.98 Å². The first-order chi connectivity index (χ1) is 5.83. The molecule has 1 heterocycles. The van der Waals surface area contributed by atoms with Crippen LogP contribution in [0, 0.1) is 0 Å². The van der Waals surface area contributed by atoms with Gasteiger partial charge < -0.3 is 5.32 Å². The fraction of sp³-hybridized carbons (Fsp3) is 0.625. The summed E-state index contributed by atoms with van der Waals surface area (Å²) in [4.78, 5) is 4.14. The van der Waals surface area contributed by atoms with Crippen molar-refractivity contribution in [3.8, 4) is 0 Å². The van der Waals surface area contributed by atoms with Gasteiger partial charge in [-0.05, 0) is 19.8 Å². The van der Waals surface area contributed by atoms with Crippen LogP contribution in [0.15, 0.2) is 11.6 Å². The van der Waals surface area contributed by atoms with Gasteiger partial charge in [0.05, 0.1) is 0 Å². The third kappa shape index (κ3) is 3.41. The lowest BCUT2D eigenvalue weighted by atomic mass is 10.2. The van der Waals surface area contributed by atoms with E-state index in [1.807, 2.05) is 5.38 Å². The number of rotatable bonds is 5. The van der Waals surface area contributed by atoms with E-state index in [0.717, 1.165) is 23.9 Å². The van der Waals surface area contributed by atoms with Crippen LogP contribution < -0.4 is 5.32 Å². The fourth-order valence-electron chi connectivity index (χ4n) is 0.961. The van der Waals surface area contributed by atoms with Crippen LogP contribution in [0.1, 0.15) is 19.8 Å². The van der Waals surface area contributed by atoms with E-state index in [2.05, 4.69) is 17.2 Å². The molecule has 12 heavy (non-hydrogen) atoms. The average molecular weight is 205 g/mol. The van der Waals surface area contributed by atoms with Gasteiger partial charge in [-0.15, -0.1) is 22.9 Å². The molecule has 0 fully saturated rings. The van der Waals surface area contributed by atoms with E-state index in [4.69, 9.17) is 11.6 Å². The van der Waals surface area contributed by atoms with Gasteiger partial charge in [0, 0.05) is 23.5 Å². The fourth-order valence-corrected chi connectivity index (χ4v) is 1.76. The predicted molar refractivity (Wildman–Crippen MR) is 55.2 cm³/mol. The summed E-state index contributed by atoms with van der Waals surface area (Å²) in [6.07, 6.45) is 3.96. The lowest BCUT2D eigenvalue weighted by molar-refractivity contribution is 0.692. The molecule has 0 amide bonds. The highest BCUT2D eigenvalue weighted by molar-refractivity contribution is 7.13. The second-order valence-electron chi connectivity index (χ2n) is 2.71. The SMILES string of the molecule is CC(CCCCl)Nc1nccs1. The number of nitrogens with one attached hydrogen (secondary N) is 1. The van der Waals surface area contributed by atoms with Gasteiger partial charge in [-0.1, -0.05) is 0 Å². The Bertz CT molecular complexity index is 201. The zero-order valence-corrected chi connectivity index (χ0v) is 8.66. The molecule has 0 aliphatic heterocycles. The Balaban J connectivity index is 2.22. The highest BCUT2D eigenvalue weighted by atomic mass is 35.5. The predicted octanol–water partition coefficient (Wildman–Crippen LogP) is 2.96. The monoisotopic (exact) mass is 204 g/mol. The zero-order valence-electron chi connectivity index (χ0n) is 7.09. The largest absolute Gasteiger partial charge is 0.359 e. The molecule has 0 spiro atoms. The van der Waals surface area contributed by atoms with Crippen molar-refractivity contribution >= 4 is 28.1 Å². The number of nitrogens with zero attached hydrogens (tertiary/aromatic N) is 1. The molecule has 68 valence electrons. The van der Waals surface area contributed by atoms with Crippen LogP contribution in [0.5, 0.6) is 0 Å². The normalized spacial score (nSPS) is 12.8. The van der Waals surface area contributed by atoms with Crippen molar-refractivity contribution in [2.45, 2.75) is 25.8 Å². The van der Waals surface area contributed by atoms with Crippen LogP contribution in [0.3, 0.4) is 0 Å². The lowest BCUT2D eigenvalue weighted by Gasteiger charge is -2.10. The van der Waals surface area contributed by atoms with E-state index in [1.54, 1.807) is 17.5 Å². The third-order valence-electron chi connectivity index (χ3n) is 1.57. The highest BCUT2D eigenvalue weighted by Gasteiger charge is 2.01. The standard InChI is InChI=1S/C8H13ClN2S/c1-7(3-2-4-9)11-8-10-5-6-12-8/h5-7H,2-4H2,1H3,(H,10,11). The van der Waals surface area contributed by atoms with E-state index < -0.39 is 0 Å². The van der Waals surface area contributed by atoms with Crippen molar-refractivity contribution in [3.05, 3.63) is 11.6 Å². The van der Waals surface area contributed by atoms with Gasteiger partial charge in [0.2, 0.25) is 0 Å². The topological polar surface area (TPSA) is 24.9 Å². The van der Waals surface area contributed by atoms with Crippen molar-refractivity contribution in [2.75, 3.05) is 11.2 Å². The maximum absolute atomic E-state index is 5.59. The van der Waals surface area contributed by atoms with Crippen LogP contribution in [-0.4, -0.2) is 16.9 Å². The van der Waals surface area contributed by atoms with Crippen molar-refractivity contribution in [1.29, 1.82) is 0 Å². The van der Waals surface area contributed by atoms with E-state index in [-0.39, 0.29) is 0 Å². The molecule has 0 radical (unpaired) electrons. The molecule has 1 rings (SSSR count). The molecule has 4 heteroatoms. The van der Waals surface area contributed by atoms with Crippen molar-refractivity contribution in [2.24, 2.45) is 0 Å². The van der Waals surface area contributed by atoms with Gasteiger partial charge in [-0.2, -0.15) is 0 Å². The number of hydrogen-bond acceptors (Lipinski definition) is 3. The Hall–Kier alpha value is -0.280. The molecule has 0 aliphatic rings. The molecular weight excluding hydrogens is 192 g/mol. The van der Waals surface area contributed by atoms with Crippen molar-refractivity contribution < 1.29 is 0 Å². The minimum Gasteiger partial charge on any atom is -0.359 e. The molecule has 0 aromatic carbocycles. The minimum absolute atomic E-state index is 0.468. The summed E-state index contributed by atoms with van der Waals surface area (Å²) in [6.45, 7) is 2.15. The zero-order chi connectivity index (χ0) is 8.81. The smallest absolute Gasteiger partial charge is 0.182 e. The van der Waals surface area contributed by atoms with Crippen LogP contribution in [-0.2, 0) is 0 Å². The first-order valence-corrected chi connectivity index (χ1v) is 5.46. The molecule has 1 N–H and O–H groups in total. The van der Waals surface area contributed by atoms with E-state index in [1.165, 1.54) is 0 Å². The Morgan fingerprint density at radius 1 is 1.75 bits per heavy atom. The molecule has 1 aromatic heterocycles. The maximum Gasteiger partial charge on any atom is 0.182 e. The first kappa shape index (κ1) is 9.81. The summed E-state index contributed by atoms with van der Waals surface area (Å²) >= 11 is 7.22. The summed E-state index contributed by atoms with van der Waals surface area (Å²) in [5.74, 6) is 0.740. The van der Waals surface area contributed by atoms with Gasteiger partial charge in [-0.25, -0.2) is 4.98 Å². The molecule has 2 nitrogen and oxygen atoms in total.